The van der Waals surface area contributed by atoms with Crippen molar-refractivity contribution >= 4 is 5.78 Å². The second-order valence-electron chi connectivity index (χ2n) is 3.75. The van der Waals surface area contributed by atoms with Gasteiger partial charge in [0.1, 0.15) is 5.78 Å². The van der Waals surface area contributed by atoms with Crippen molar-refractivity contribution in [1.82, 2.24) is 0 Å². The van der Waals surface area contributed by atoms with E-state index in [1.807, 2.05) is 20.8 Å². The van der Waals surface area contributed by atoms with E-state index < -0.39 is 0 Å². The molecule has 0 fully saturated rings. The van der Waals surface area contributed by atoms with E-state index in [9.17, 15) is 4.79 Å². The Kier molecular flexibility index (Phi) is 3.58. The molecule has 0 aliphatic heterocycles. The van der Waals surface area contributed by atoms with Crippen LogP contribution in [0.25, 0.3) is 0 Å². The maximum absolute atomic E-state index is 10.9. The Hall–Kier alpha value is -0.370. The summed E-state index contributed by atoms with van der Waals surface area (Å²) in [6.45, 7) is 6.03. The first-order chi connectivity index (χ1) is 4.45. The largest absolute Gasteiger partial charge is 0.396 e. The second-order valence-corrected chi connectivity index (χ2v) is 3.75. The summed E-state index contributed by atoms with van der Waals surface area (Å²) in [5, 5.41) is 8.41. The molecule has 0 bridgehead atoms. The first-order valence-electron chi connectivity index (χ1n) is 3.58. The molecule has 2 heteroatoms. The lowest BCUT2D eigenvalue weighted by Gasteiger charge is -2.15. The van der Waals surface area contributed by atoms with Gasteiger partial charge in [-0.25, -0.2) is 0 Å². The summed E-state index contributed by atoms with van der Waals surface area (Å²) in [4.78, 5) is 10.9. The van der Waals surface area contributed by atoms with Crippen molar-refractivity contribution in [3.63, 3.8) is 0 Å². The quantitative estimate of drug-likeness (QED) is 0.649. The van der Waals surface area contributed by atoms with Crippen LogP contribution < -0.4 is 0 Å². The predicted octanol–water partition coefficient (Wildman–Crippen LogP) is 1.37. The molecule has 0 aliphatic rings. The van der Waals surface area contributed by atoms with Crippen LogP contribution >= 0.6 is 0 Å². The molecule has 0 unspecified atom stereocenters. The number of aliphatic hydroxyl groups is 1. The molecular weight excluding hydrogens is 128 g/mol. The van der Waals surface area contributed by atoms with E-state index >= 15 is 0 Å². The molecule has 0 saturated carbocycles. The van der Waals surface area contributed by atoms with Crippen LogP contribution in [-0.4, -0.2) is 17.5 Å². The molecule has 0 spiro atoms. The Balaban J connectivity index is 3.58. The lowest BCUT2D eigenvalue weighted by molar-refractivity contribution is -0.121. The number of aliphatic hydroxyl groups excluding tert-OH is 1. The van der Waals surface area contributed by atoms with Gasteiger partial charge in [0.2, 0.25) is 0 Å². The van der Waals surface area contributed by atoms with Crippen LogP contribution in [-0.2, 0) is 4.79 Å². The summed E-state index contributed by atoms with van der Waals surface area (Å²) in [7, 11) is 0. The lowest BCUT2D eigenvalue weighted by atomic mass is 9.89. The number of hydrogen-bond acceptors (Lipinski definition) is 2. The number of carbonyl (C=O) groups is 1. The van der Waals surface area contributed by atoms with E-state index in [0.717, 1.165) is 0 Å². The molecule has 60 valence electrons. The molecule has 10 heavy (non-hydrogen) atoms. The van der Waals surface area contributed by atoms with Crippen molar-refractivity contribution in [2.24, 2.45) is 5.41 Å². The summed E-state index contributed by atoms with van der Waals surface area (Å²) in [5.74, 6) is 0.148. The summed E-state index contributed by atoms with van der Waals surface area (Å²) in [6.07, 6.45) is 0.866. The Bertz CT molecular complexity index is 111. The molecule has 0 aromatic heterocycles. The van der Waals surface area contributed by atoms with Crippen LogP contribution in [0.2, 0.25) is 0 Å². The zero-order valence-electron chi connectivity index (χ0n) is 6.98. The third kappa shape index (κ3) is 5.76. The van der Waals surface area contributed by atoms with Gasteiger partial charge in [0, 0.05) is 19.4 Å². The molecule has 0 aromatic carbocycles. The van der Waals surface area contributed by atoms with Crippen molar-refractivity contribution in [3.8, 4) is 0 Å². The van der Waals surface area contributed by atoms with Gasteiger partial charge in [-0.2, -0.15) is 0 Å². The highest BCUT2D eigenvalue weighted by molar-refractivity contribution is 5.78. The fourth-order valence-corrected chi connectivity index (χ4v) is 0.805. The van der Waals surface area contributed by atoms with Crippen LogP contribution in [0.1, 0.15) is 33.6 Å². The summed E-state index contributed by atoms with van der Waals surface area (Å²) >= 11 is 0. The van der Waals surface area contributed by atoms with Crippen molar-refractivity contribution < 1.29 is 9.90 Å². The highest BCUT2D eigenvalue weighted by atomic mass is 16.3. The standard InChI is InChI=1S/C8H16O2/c1-8(2,3)6-7(10)4-5-9/h9H,4-6H2,1-3H3. The first kappa shape index (κ1) is 9.63. The van der Waals surface area contributed by atoms with Crippen molar-refractivity contribution in [1.29, 1.82) is 0 Å². The van der Waals surface area contributed by atoms with Crippen LogP contribution in [0, 0.1) is 5.41 Å². The fourth-order valence-electron chi connectivity index (χ4n) is 0.805. The molecule has 0 radical (unpaired) electrons. The Morgan fingerprint density at radius 3 is 2.20 bits per heavy atom. The van der Waals surface area contributed by atoms with E-state index in [0.29, 0.717) is 12.8 Å². The van der Waals surface area contributed by atoms with Crippen molar-refractivity contribution in [2.45, 2.75) is 33.6 Å². The minimum absolute atomic E-state index is 0.0189. The van der Waals surface area contributed by atoms with Gasteiger partial charge in [0.05, 0.1) is 0 Å². The molecule has 1 N–H and O–H groups in total. The molecular formula is C8H16O2. The minimum Gasteiger partial charge on any atom is -0.396 e. The van der Waals surface area contributed by atoms with Gasteiger partial charge < -0.3 is 5.11 Å². The predicted molar refractivity (Wildman–Crippen MR) is 40.8 cm³/mol. The van der Waals surface area contributed by atoms with Crippen LogP contribution in [0.4, 0.5) is 0 Å². The van der Waals surface area contributed by atoms with Crippen LogP contribution in [0.15, 0.2) is 0 Å². The SMILES string of the molecule is CC(C)(C)CC(=O)CCO. The van der Waals surface area contributed by atoms with Crippen molar-refractivity contribution in [3.05, 3.63) is 0 Å². The van der Waals surface area contributed by atoms with E-state index in [1.165, 1.54) is 0 Å². The molecule has 0 heterocycles. The van der Waals surface area contributed by atoms with E-state index in [1.54, 1.807) is 0 Å². The normalized spacial score (nSPS) is 11.6. The highest BCUT2D eigenvalue weighted by Crippen LogP contribution is 2.19. The van der Waals surface area contributed by atoms with Gasteiger partial charge >= 0.3 is 0 Å². The summed E-state index contributed by atoms with van der Waals surface area (Å²) in [6, 6.07) is 0. The second kappa shape index (κ2) is 3.71. The highest BCUT2D eigenvalue weighted by Gasteiger charge is 2.14. The van der Waals surface area contributed by atoms with Crippen LogP contribution in [0.5, 0.6) is 0 Å². The van der Waals surface area contributed by atoms with Gasteiger partial charge in [0.25, 0.3) is 0 Å². The molecule has 0 saturated heterocycles. The maximum Gasteiger partial charge on any atom is 0.135 e. The van der Waals surface area contributed by atoms with Gasteiger partial charge in [-0.1, -0.05) is 20.8 Å². The third-order valence-electron chi connectivity index (χ3n) is 1.12. The van der Waals surface area contributed by atoms with Gasteiger partial charge in [0.15, 0.2) is 0 Å². The maximum atomic E-state index is 10.9. The van der Waals surface area contributed by atoms with E-state index in [4.69, 9.17) is 5.11 Å². The Labute approximate surface area is 62.2 Å². The smallest absolute Gasteiger partial charge is 0.135 e. The number of ketones is 1. The number of rotatable bonds is 3. The average molecular weight is 144 g/mol. The number of Topliss-reactive ketones (excluding diaryl/α,β-unsaturated/α-hetero) is 1. The molecule has 2 nitrogen and oxygen atoms in total. The zero-order valence-corrected chi connectivity index (χ0v) is 6.98. The molecule has 0 rings (SSSR count). The summed E-state index contributed by atoms with van der Waals surface area (Å²) in [5.41, 5.74) is 0.0618. The summed E-state index contributed by atoms with van der Waals surface area (Å²) < 4.78 is 0. The molecule has 0 atom stereocenters. The molecule has 0 aliphatic carbocycles. The Morgan fingerprint density at radius 1 is 1.40 bits per heavy atom. The van der Waals surface area contributed by atoms with Gasteiger partial charge in [-0.3, -0.25) is 4.79 Å². The molecule has 0 amide bonds. The zero-order chi connectivity index (χ0) is 8.20. The topological polar surface area (TPSA) is 37.3 Å². The number of hydrogen-bond donors (Lipinski definition) is 1. The van der Waals surface area contributed by atoms with Gasteiger partial charge in [-0.05, 0) is 5.41 Å². The van der Waals surface area contributed by atoms with Crippen LogP contribution in [0.3, 0.4) is 0 Å². The third-order valence-corrected chi connectivity index (χ3v) is 1.12. The number of carbonyl (C=O) groups excluding carboxylic acids is 1. The van der Waals surface area contributed by atoms with E-state index in [2.05, 4.69) is 0 Å². The molecule has 0 aromatic rings. The first-order valence-corrected chi connectivity index (χ1v) is 3.58. The minimum atomic E-state index is -0.0189. The average Bonchev–Trinajstić information content (AvgIpc) is 1.59. The fraction of sp³-hybridized carbons (Fsp3) is 0.875. The monoisotopic (exact) mass is 144 g/mol. The lowest BCUT2D eigenvalue weighted by Crippen LogP contribution is -2.13. The van der Waals surface area contributed by atoms with Crippen molar-refractivity contribution in [2.75, 3.05) is 6.61 Å². The van der Waals surface area contributed by atoms with Gasteiger partial charge in [-0.15, -0.1) is 0 Å². The Morgan fingerprint density at radius 2 is 1.90 bits per heavy atom. The van der Waals surface area contributed by atoms with E-state index in [-0.39, 0.29) is 17.8 Å².